The molecule has 0 saturated heterocycles. The van der Waals surface area contributed by atoms with Gasteiger partial charge in [-0.1, -0.05) is 30.3 Å². The molecule has 0 atom stereocenters. The predicted octanol–water partition coefficient (Wildman–Crippen LogP) is 2.69. The van der Waals surface area contributed by atoms with Crippen molar-refractivity contribution in [3.8, 4) is 5.75 Å². The molecule has 0 spiro atoms. The van der Waals surface area contributed by atoms with Gasteiger partial charge in [0.05, 0.1) is 24.3 Å². The molecule has 0 saturated carbocycles. The third-order valence-electron chi connectivity index (χ3n) is 4.03. The second-order valence-electron chi connectivity index (χ2n) is 5.88. The fourth-order valence-electron chi connectivity index (χ4n) is 2.73. The molecule has 3 rings (SSSR count). The number of carbonyl (C=O) groups excluding carboxylic acids is 2. The molecule has 0 unspecified atom stereocenters. The highest BCUT2D eigenvalue weighted by Gasteiger charge is 2.28. The first-order chi connectivity index (χ1) is 13.0. The summed E-state index contributed by atoms with van der Waals surface area (Å²) in [5.74, 6) is -0.419. The van der Waals surface area contributed by atoms with Gasteiger partial charge in [0.1, 0.15) is 13.2 Å². The van der Waals surface area contributed by atoms with Crippen molar-refractivity contribution in [2.45, 2.75) is 13.2 Å². The second-order valence-corrected chi connectivity index (χ2v) is 5.88. The summed E-state index contributed by atoms with van der Waals surface area (Å²) in [5.41, 5.74) is 1.34. The van der Waals surface area contributed by atoms with Gasteiger partial charge >= 0.3 is 11.8 Å². The summed E-state index contributed by atoms with van der Waals surface area (Å²) in [7, 11) is 1.32. The van der Waals surface area contributed by atoms with E-state index in [1.165, 1.54) is 24.1 Å². The lowest BCUT2D eigenvalue weighted by Gasteiger charge is -2.19. The van der Waals surface area contributed by atoms with Gasteiger partial charge in [-0.15, -0.1) is 0 Å². The molecule has 0 fully saturated rings. The van der Waals surface area contributed by atoms with E-state index in [0.717, 1.165) is 5.56 Å². The first-order valence-electron chi connectivity index (χ1n) is 8.08. The topological polar surface area (TPSA) is 111 Å². The van der Waals surface area contributed by atoms with Crippen LogP contribution in [-0.2, 0) is 22.7 Å². The monoisotopic (exact) mass is 371 g/mol. The van der Waals surface area contributed by atoms with Crippen LogP contribution in [0.15, 0.2) is 42.5 Å². The average molecular weight is 371 g/mol. The molecule has 9 heteroatoms. The quantitative estimate of drug-likeness (QED) is 0.653. The lowest BCUT2D eigenvalue weighted by atomic mass is 10.1. The Bertz CT molecular complexity index is 884. The summed E-state index contributed by atoms with van der Waals surface area (Å²) in [6.45, 7) is -0.0945. The Morgan fingerprint density at radius 3 is 2.67 bits per heavy atom. The zero-order valence-electron chi connectivity index (χ0n) is 14.5. The molecule has 2 aromatic rings. The van der Waals surface area contributed by atoms with Crippen LogP contribution >= 0.6 is 0 Å². The number of fused-ring (bicyclic) bond motifs is 1. The largest absolute Gasteiger partial charge is 0.490 e. The third kappa shape index (κ3) is 4.14. The van der Waals surface area contributed by atoms with Crippen LogP contribution in [0.1, 0.15) is 11.1 Å². The summed E-state index contributed by atoms with van der Waals surface area (Å²) in [5, 5.41) is 13.7. The second kappa shape index (κ2) is 7.73. The van der Waals surface area contributed by atoms with Gasteiger partial charge in [0.2, 0.25) is 5.91 Å². The maximum absolute atomic E-state index is 12.4. The Morgan fingerprint density at radius 2 is 2.00 bits per heavy atom. The van der Waals surface area contributed by atoms with Crippen LogP contribution < -0.4 is 10.1 Å². The zero-order valence-corrected chi connectivity index (χ0v) is 14.5. The van der Waals surface area contributed by atoms with Crippen LogP contribution in [0.4, 0.5) is 16.2 Å². The maximum atomic E-state index is 12.4. The van der Waals surface area contributed by atoms with Crippen molar-refractivity contribution in [1.29, 1.82) is 0 Å². The summed E-state index contributed by atoms with van der Waals surface area (Å²) in [6, 6.07) is 11.8. The van der Waals surface area contributed by atoms with E-state index in [4.69, 9.17) is 9.47 Å². The Labute approximate surface area is 154 Å². The first kappa shape index (κ1) is 18.2. The molecule has 1 aliphatic rings. The zero-order chi connectivity index (χ0) is 19.4. The highest BCUT2D eigenvalue weighted by molar-refractivity contribution is 5.96. The number of hydrogen-bond acceptors (Lipinski definition) is 6. The normalized spacial score (nSPS) is 13.2. The molecule has 0 aromatic heterocycles. The van der Waals surface area contributed by atoms with Crippen molar-refractivity contribution < 1.29 is 24.0 Å². The summed E-state index contributed by atoms with van der Waals surface area (Å²) in [4.78, 5) is 36.3. The van der Waals surface area contributed by atoms with E-state index in [9.17, 15) is 19.7 Å². The Hall–Kier alpha value is -3.62. The van der Waals surface area contributed by atoms with Gasteiger partial charge in [-0.05, 0) is 17.2 Å². The van der Waals surface area contributed by atoms with Gasteiger partial charge in [-0.2, -0.15) is 0 Å². The fraction of sp³-hybridized carbons (Fsp3) is 0.222. The number of anilines is 1. The lowest BCUT2D eigenvalue weighted by Crippen LogP contribution is -2.35. The van der Waals surface area contributed by atoms with Gasteiger partial charge in [0.25, 0.3) is 0 Å². The minimum absolute atomic E-state index is 0.0486. The molecule has 2 amide bonds. The van der Waals surface area contributed by atoms with Crippen LogP contribution in [0, 0.1) is 10.1 Å². The van der Waals surface area contributed by atoms with E-state index in [2.05, 4.69) is 5.32 Å². The van der Waals surface area contributed by atoms with Crippen LogP contribution in [0.5, 0.6) is 5.75 Å². The van der Waals surface area contributed by atoms with Crippen molar-refractivity contribution in [3.05, 3.63) is 63.7 Å². The number of benzene rings is 2. The smallest absolute Gasteiger partial charge is 0.410 e. The molecular formula is C18H17N3O6. The van der Waals surface area contributed by atoms with Gasteiger partial charge in [0, 0.05) is 6.07 Å². The van der Waals surface area contributed by atoms with Crippen molar-refractivity contribution in [3.63, 3.8) is 0 Å². The fourth-order valence-corrected chi connectivity index (χ4v) is 2.73. The molecule has 1 heterocycles. The van der Waals surface area contributed by atoms with Crippen LogP contribution in [0.25, 0.3) is 0 Å². The van der Waals surface area contributed by atoms with E-state index < -0.39 is 16.9 Å². The molecule has 140 valence electrons. The van der Waals surface area contributed by atoms with E-state index in [-0.39, 0.29) is 36.8 Å². The van der Waals surface area contributed by atoms with E-state index in [1.807, 2.05) is 30.3 Å². The molecule has 27 heavy (non-hydrogen) atoms. The number of hydrogen-bond donors (Lipinski definition) is 1. The average Bonchev–Trinajstić information content (AvgIpc) is 2.83. The number of amides is 2. The molecule has 1 aliphatic heterocycles. The van der Waals surface area contributed by atoms with Crippen LogP contribution in [-0.4, -0.2) is 35.5 Å². The van der Waals surface area contributed by atoms with E-state index in [1.54, 1.807) is 0 Å². The van der Waals surface area contributed by atoms with E-state index in [0.29, 0.717) is 5.56 Å². The highest BCUT2D eigenvalue weighted by Crippen LogP contribution is 2.34. The number of methoxy groups -OCH3 is 1. The number of nitrogens with one attached hydrogen (secondary N) is 1. The van der Waals surface area contributed by atoms with Gasteiger partial charge in [-0.3, -0.25) is 19.8 Å². The maximum Gasteiger partial charge on any atom is 0.410 e. The summed E-state index contributed by atoms with van der Waals surface area (Å²) in [6.07, 6.45) is -0.654. The molecule has 0 aliphatic carbocycles. The van der Waals surface area contributed by atoms with Gasteiger partial charge in [0.15, 0.2) is 5.75 Å². The minimum atomic E-state index is -0.654. The number of nitro benzene ring substituents is 1. The predicted molar refractivity (Wildman–Crippen MR) is 95.3 cm³/mol. The van der Waals surface area contributed by atoms with Crippen molar-refractivity contribution in [2.24, 2.45) is 0 Å². The van der Waals surface area contributed by atoms with Crippen molar-refractivity contribution in [1.82, 2.24) is 4.90 Å². The number of ether oxygens (including phenoxy) is 2. The van der Waals surface area contributed by atoms with E-state index >= 15 is 0 Å². The number of carbonyl (C=O) groups is 2. The van der Waals surface area contributed by atoms with Crippen LogP contribution in [0.3, 0.4) is 0 Å². The molecule has 2 aromatic carbocycles. The molecule has 9 nitrogen and oxygen atoms in total. The third-order valence-corrected chi connectivity index (χ3v) is 4.03. The number of rotatable bonds is 4. The molecule has 0 radical (unpaired) electrons. The SMILES string of the molecule is COc1cc2c(cc1[N+](=O)[O-])NC(=O)CN(C(=O)OCc1ccccc1)C2. The lowest BCUT2D eigenvalue weighted by molar-refractivity contribution is -0.385. The highest BCUT2D eigenvalue weighted by atomic mass is 16.6. The molecule has 1 N–H and O–H groups in total. The van der Waals surface area contributed by atoms with Crippen molar-refractivity contribution >= 4 is 23.4 Å². The van der Waals surface area contributed by atoms with Crippen LogP contribution in [0.2, 0.25) is 0 Å². The minimum Gasteiger partial charge on any atom is -0.490 e. The Balaban J connectivity index is 1.80. The number of nitro groups is 1. The first-order valence-corrected chi connectivity index (χ1v) is 8.08. The molecular weight excluding hydrogens is 354 g/mol. The summed E-state index contributed by atoms with van der Waals surface area (Å²) >= 11 is 0. The van der Waals surface area contributed by atoms with Gasteiger partial charge in [-0.25, -0.2) is 4.79 Å². The summed E-state index contributed by atoms with van der Waals surface area (Å²) < 4.78 is 10.3. The number of nitrogens with zero attached hydrogens (tertiary/aromatic N) is 2. The molecule has 0 bridgehead atoms. The standard InChI is InChI=1S/C18H17N3O6/c1-26-16-7-13-9-20(18(23)27-11-12-5-3-2-4-6-12)10-17(22)19-14(13)8-15(16)21(24)25/h2-8H,9-11H2,1H3,(H,19,22). The van der Waals surface area contributed by atoms with Gasteiger partial charge < -0.3 is 14.8 Å². The Morgan fingerprint density at radius 1 is 1.26 bits per heavy atom. The van der Waals surface area contributed by atoms with Crippen molar-refractivity contribution in [2.75, 3.05) is 19.0 Å². The Kier molecular flexibility index (Phi) is 5.20.